The summed E-state index contributed by atoms with van der Waals surface area (Å²) in [5.74, 6) is 0. The maximum absolute atomic E-state index is 12.3. The fraction of sp³-hybridized carbons (Fsp3) is 0.724. The van der Waals surface area contributed by atoms with Crippen LogP contribution in [0.1, 0.15) is 109 Å². The third-order valence-electron chi connectivity index (χ3n) is 7.16. The molecule has 1 aromatic rings. The van der Waals surface area contributed by atoms with E-state index in [4.69, 9.17) is 13.8 Å². The molecule has 1 aliphatic rings. The zero-order valence-corrected chi connectivity index (χ0v) is 27.1. The molecule has 0 aliphatic carbocycles. The molecule has 11 nitrogen and oxygen atoms in total. The summed E-state index contributed by atoms with van der Waals surface area (Å²) in [5.41, 5.74) is -1.38. The first-order valence-electron chi connectivity index (χ1n) is 15.1. The van der Waals surface area contributed by atoms with Gasteiger partial charge in [0.1, 0.15) is 18.3 Å². The van der Waals surface area contributed by atoms with Gasteiger partial charge in [0.25, 0.3) is 5.56 Å². The van der Waals surface area contributed by atoms with Crippen molar-refractivity contribution in [3.8, 4) is 0 Å². The number of hydrogen-bond acceptors (Lipinski definition) is 8. The molecule has 5 atom stereocenters. The second kappa shape index (κ2) is 20.6. The van der Waals surface area contributed by atoms with E-state index in [-0.39, 0.29) is 12.2 Å². The zero-order valence-electron chi connectivity index (χ0n) is 24.6. The van der Waals surface area contributed by atoms with Crippen LogP contribution in [0.15, 0.2) is 32.9 Å². The van der Waals surface area contributed by atoms with Crippen LogP contribution in [0.3, 0.4) is 0 Å². The molecular weight excluding hydrogens is 631 g/mol. The van der Waals surface area contributed by atoms with Gasteiger partial charge in [-0.3, -0.25) is 23.4 Å². The lowest BCUT2D eigenvalue weighted by Gasteiger charge is -2.18. The van der Waals surface area contributed by atoms with Crippen molar-refractivity contribution in [1.29, 1.82) is 0 Å². The standard InChI is InChI=1S/C29H48BrN2O9P/c1-2-3-4-5-6-7-8-9-10-11-12-13-14-15-16-17-20-39-42(37,38)40-22-24-25(33)26(34)28(41-24)32-21-23(18-19-30)27(35)31-29(32)36/h9-10,18-19,21,24-26,28,33-34H,2-8,11-17,20,22H2,1H3,(H,37,38)(H,31,35,36)/b10-9-,19-18+/t24-,25-,26+,28-/m1/s1. The summed E-state index contributed by atoms with van der Waals surface area (Å²) in [5, 5.41) is 20.8. The molecule has 42 heavy (non-hydrogen) atoms. The number of rotatable bonds is 22. The first-order chi connectivity index (χ1) is 20.2. The largest absolute Gasteiger partial charge is 0.472 e. The van der Waals surface area contributed by atoms with E-state index in [9.17, 15) is 29.3 Å². The van der Waals surface area contributed by atoms with Gasteiger partial charge in [0, 0.05) is 6.20 Å². The number of phosphoric ester groups is 1. The lowest BCUT2D eigenvalue weighted by molar-refractivity contribution is -0.0552. The average molecular weight is 680 g/mol. The Balaban J connectivity index is 1.59. The number of ether oxygens (including phenoxy) is 1. The second-order valence-corrected chi connectivity index (χ2v) is 12.6. The van der Waals surface area contributed by atoms with Crippen LogP contribution in [-0.4, -0.2) is 56.2 Å². The van der Waals surface area contributed by atoms with Crippen LogP contribution in [0.4, 0.5) is 0 Å². The van der Waals surface area contributed by atoms with E-state index in [1.54, 1.807) is 0 Å². The van der Waals surface area contributed by atoms with Crippen molar-refractivity contribution in [1.82, 2.24) is 9.55 Å². The molecule has 13 heteroatoms. The molecule has 1 saturated heterocycles. The molecular formula is C29H48BrN2O9P. The Labute approximate surface area is 256 Å². The van der Waals surface area contributed by atoms with Gasteiger partial charge >= 0.3 is 13.5 Å². The van der Waals surface area contributed by atoms with Gasteiger partial charge in [0.05, 0.1) is 18.8 Å². The Morgan fingerprint density at radius 1 is 0.952 bits per heavy atom. The molecule has 240 valence electrons. The second-order valence-electron chi connectivity index (χ2n) is 10.6. The maximum atomic E-state index is 12.3. The number of aromatic nitrogens is 2. The SMILES string of the molecule is CCCCCCCC/C=C\CCCCCCCCOP(=O)(O)OC[C@H]1O[C@@H](n2cc(/C=C/Br)c(=O)[nH]c2=O)[C@@H](O)[C@@H]1O. The number of nitrogens with one attached hydrogen (secondary N) is 1. The highest BCUT2D eigenvalue weighted by Crippen LogP contribution is 2.44. The van der Waals surface area contributed by atoms with E-state index in [0.717, 1.165) is 36.7 Å². The number of halogens is 1. The zero-order chi connectivity index (χ0) is 30.8. The smallest absolute Gasteiger partial charge is 0.387 e. The van der Waals surface area contributed by atoms with Crippen molar-refractivity contribution in [3.63, 3.8) is 0 Å². The molecule has 0 spiro atoms. The number of aromatic amines is 1. The van der Waals surface area contributed by atoms with E-state index >= 15 is 0 Å². The number of H-pyrrole nitrogens is 1. The van der Waals surface area contributed by atoms with Crippen LogP contribution in [0.2, 0.25) is 0 Å². The molecule has 0 aromatic carbocycles. The van der Waals surface area contributed by atoms with Crippen LogP contribution >= 0.6 is 23.8 Å². The summed E-state index contributed by atoms with van der Waals surface area (Å²) in [6.45, 7) is 1.73. The van der Waals surface area contributed by atoms with Crippen molar-refractivity contribution < 1.29 is 33.5 Å². The summed E-state index contributed by atoms with van der Waals surface area (Å²) in [4.78, 5) is 37.7. The topological polar surface area (TPSA) is 160 Å². The highest BCUT2D eigenvalue weighted by atomic mass is 79.9. The molecule has 0 amide bonds. The first-order valence-corrected chi connectivity index (χ1v) is 17.5. The predicted molar refractivity (Wildman–Crippen MR) is 166 cm³/mol. The van der Waals surface area contributed by atoms with Crippen molar-refractivity contribution in [3.05, 3.63) is 49.7 Å². The highest BCUT2D eigenvalue weighted by Gasteiger charge is 2.45. The molecule has 4 N–H and O–H groups in total. The van der Waals surface area contributed by atoms with Crippen LogP contribution in [-0.2, 0) is 18.3 Å². The molecule has 0 bridgehead atoms. The lowest BCUT2D eigenvalue weighted by Crippen LogP contribution is -2.38. The Hall–Kier alpha value is -1.37. The number of aliphatic hydroxyl groups excluding tert-OH is 2. The Kier molecular flexibility index (Phi) is 18.0. The number of hydrogen-bond donors (Lipinski definition) is 4. The monoisotopic (exact) mass is 678 g/mol. The third-order valence-corrected chi connectivity index (χ3v) is 8.41. The van der Waals surface area contributed by atoms with Crippen LogP contribution < -0.4 is 11.2 Å². The van der Waals surface area contributed by atoms with Crippen molar-refractivity contribution >= 4 is 29.8 Å². The van der Waals surface area contributed by atoms with Crippen LogP contribution in [0, 0.1) is 0 Å². The first kappa shape index (κ1) is 36.8. The maximum Gasteiger partial charge on any atom is 0.472 e. The number of phosphoric acid groups is 1. The van der Waals surface area contributed by atoms with E-state index in [0.29, 0.717) is 6.42 Å². The Morgan fingerprint density at radius 2 is 1.55 bits per heavy atom. The van der Waals surface area contributed by atoms with Crippen molar-refractivity contribution in [2.75, 3.05) is 13.2 Å². The van der Waals surface area contributed by atoms with E-state index < -0.39 is 50.2 Å². The Morgan fingerprint density at radius 3 is 2.17 bits per heavy atom. The van der Waals surface area contributed by atoms with Gasteiger partial charge in [-0.05, 0) is 43.2 Å². The lowest BCUT2D eigenvalue weighted by atomic mass is 10.1. The minimum atomic E-state index is -4.42. The number of unbranched alkanes of at least 4 members (excludes halogenated alkanes) is 12. The third kappa shape index (κ3) is 13.5. The summed E-state index contributed by atoms with van der Waals surface area (Å²) >= 11 is 3.05. The van der Waals surface area contributed by atoms with Gasteiger partial charge in [0.15, 0.2) is 6.23 Å². The van der Waals surface area contributed by atoms with Crippen LogP contribution in [0.25, 0.3) is 6.08 Å². The van der Waals surface area contributed by atoms with E-state index in [1.807, 2.05) is 0 Å². The summed E-state index contributed by atoms with van der Waals surface area (Å²) in [6, 6.07) is 0. The molecule has 1 fully saturated rings. The average Bonchev–Trinajstić information content (AvgIpc) is 3.23. The minimum Gasteiger partial charge on any atom is -0.387 e. The van der Waals surface area contributed by atoms with Gasteiger partial charge in [-0.15, -0.1) is 0 Å². The fourth-order valence-electron chi connectivity index (χ4n) is 4.71. The molecule has 0 radical (unpaired) electrons. The number of nitrogens with zero attached hydrogens (tertiary/aromatic N) is 1. The normalized spacial score (nSPS) is 22.4. The summed E-state index contributed by atoms with van der Waals surface area (Å²) in [7, 11) is -4.42. The van der Waals surface area contributed by atoms with Gasteiger partial charge in [-0.1, -0.05) is 92.8 Å². The molecule has 1 aromatic heterocycles. The van der Waals surface area contributed by atoms with E-state index in [1.165, 1.54) is 68.6 Å². The molecule has 2 rings (SSSR count). The summed E-state index contributed by atoms with van der Waals surface area (Å²) in [6.07, 6.45) is 17.7. The Bertz CT molecular complexity index is 1120. The van der Waals surface area contributed by atoms with Crippen molar-refractivity contribution in [2.24, 2.45) is 0 Å². The number of allylic oxidation sites excluding steroid dienone is 2. The molecule has 0 saturated carbocycles. The van der Waals surface area contributed by atoms with Gasteiger partial charge in [0.2, 0.25) is 0 Å². The van der Waals surface area contributed by atoms with E-state index in [2.05, 4.69) is 40.0 Å². The molecule has 1 unspecified atom stereocenters. The quantitative estimate of drug-likeness (QED) is 0.0686. The van der Waals surface area contributed by atoms with Gasteiger partial charge in [-0.25, -0.2) is 9.36 Å². The molecule has 2 heterocycles. The van der Waals surface area contributed by atoms with Gasteiger partial charge in [-0.2, -0.15) is 0 Å². The summed E-state index contributed by atoms with van der Waals surface area (Å²) < 4.78 is 28.8. The molecule has 1 aliphatic heterocycles. The van der Waals surface area contributed by atoms with Crippen LogP contribution in [0.5, 0.6) is 0 Å². The van der Waals surface area contributed by atoms with Gasteiger partial charge < -0.3 is 19.8 Å². The fourth-order valence-corrected chi connectivity index (χ4v) is 5.76. The predicted octanol–water partition coefficient (Wildman–Crippen LogP) is 5.69. The highest BCUT2D eigenvalue weighted by molar-refractivity contribution is 9.11. The number of aliphatic hydroxyl groups is 2. The minimum absolute atomic E-state index is 0.0466. The van der Waals surface area contributed by atoms with Crippen molar-refractivity contribution in [2.45, 2.75) is 121 Å².